The van der Waals surface area contributed by atoms with Crippen molar-refractivity contribution in [2.45, 2.75) is 38.9 Å². The maximum Gasteiger partial charge on any atom is 0.356 e. The van der Waals surface area contributed by atoms with E-state index in [1.807, 2.05) is 54.6 Å². The Morgan fingerprint density at radius 3 is 2.09 bits per heavy atom. The average Bonchev–Trinajstić information content (AvgIpc) is 3.46. The van der Waals surface area contributed by atoms with E-state index < -0.39 is 14.3 Å². The van der Waals surface area contributed by atoms with Crippen LogP contribution in [0.4, 0.5) is 0 Å². The van der Waals surface area contributed by atoms with Crippen LogP contribution in [-0.2, 0) is 13.1 Å². The van der Waals surface area contributed by atoms with Gasteiger partial charge in [0.15, 0.2) is 5.69 Å². The number of carboxylic acids is 1. The van der Waals surface area contributed by atoms with Crippen molar-refractivity contribution in [1.29, 1.82) is 0 Å². The first-order valence-corrected chi connectivity index (χ1v) is 17.2. The molecule has 1 aliphatic rings. The second-order valence-electron chi connectivity index (χ2n) is 12.5. The molecule has 2 heterocycles. The number of hydrogen-bond acceptors (Lipinski definition) is 6. The third-order valence-electron chi connectivity index (χ3n) is 8.70. The number of hydrogen-bond donors (Lipinski definition) is 1. The molecular weight excluding hydrogens is 611 g/mol. The summed E-state index contributed by atoms with van der Waals surface area (Å²) < 4.78 is 19.9. The van der Waals surface area contributed by atoms with Gasteiger partial charge in [0.1, 0.15) is 23.6 Å². The fourth-order valence-corrected chi connectivity index (χ4v) is 10.8. The molecule has 1 aliphatic heterocycles. The summed E-state index contributed by atoms with van der Waals surface area (Å²) in [5, 5.41) is 11.9. The quantitative estimate of drug-likeness (QED) is 0.205. The Labute approximate surface area is 275 Å². The van der Waals surface area contributed by atoms with Gasteiger partial charge in [0.05, 0.1) is 44.3 Å². The van der Waals surface area contributed by atoms with Crippen molar-refractivity contribution < 1.29 is 28.6 Å². The first-order valence-electron chi connectivity index (χ1n) is 15.3. The Kier molecular flexibility index (Phi) is 8.37. The summed E-state index contributed by atoms with van der Waals surface area (Å²) in [6.07, 6.45) is 1.46. The molecule has 0 spiro atoms. The number of aromatic carboxylic acids is 1. The molecule has 0 aliphatic carbocycles. The van der Waals surface area contributed by atoms with Gasteiger partial charge in [-0.2, -0.15) is 0 Å². The highest BCUT2D eigenvalue weighted by Crippen LogP contribution is 2.39. The fraction of sp³-hybridized carbons (Fsp3) is 0.216. The lowest BCUT2D eigenvalue weighted by Crippen LogP contribution is -2.68. The molecule has 0 saturated heterocycles. The zero-order chi connectivity index (χ0) is 33.3. The summed E-state index contributed by atoms with van der Waals surface area (Å²) in [7, 11) is 0.131. The van der Waals surface area contributed by atoms with Crippen LogP contribution in [-0.4, -0.2) is 54.0 Å². The summed E-state index contributed by atoms with van der Waals surface area (Å²) in [4.78, 5) is 32.6. The highest BCUT2D eigenvalue weighted by atomic mass is 28.4. The van der Waals surface area contributed by atoms with Gasteiger partial charge >= 0.3 is 14.3 Å². The lowest BCUT2D eigenvalue weighted by Gasteiger charge is -2.43. The molecule has 5 aromatic rings. The predicted octanol–water partition coefficient (Wildman–Crippen LogP) is 5.68. The summed E-state index contributed by atoms with van der Waals surface area (Å²) in [5.74, 6) is 0.288. The van der Waals surface area contributed by atoms with Gasteiger partial charge in [-0.3, -0.25) is 9.36 Å². The SMILES string of the molecule is COc1ccc(CN2Cc3c(C(=O)O)ncn3-c3ccc(O[Si](c4ccccc4)(c4ccccc4)C(C)(C)C)cc3C2=O)c(OC)c1. The monoisotopic (exact) mass is 647 g/mol. The molecule has 0 bridgehead atoms. The van der Waals surface area contributed by atoms with Gasteiger partial charge in [0.25, 0.3) is 5.91 Å². The highest BCUT2D eigenvalue weighted by Gasteiger charge is 2.52. The number of carbonyl (C=O) groups is 2. The Bertz CT molecular complexity index is 1900. The normalized spacial score (nSPS) is 13.0. The molecule has 1 aromatic heterocycles. The number of rotatable bonds is 9. The van der Waals surface area contributed by atoms with E-state index in [1.54, 1.807) is 41.9 Å². The molecule has 0 radical (unpaired) electrons. The molecule has 10 heteroatoms. The number of carboxylic acid groups (broad SMARTS) is 1. The minimum absolute atomic E-state index is 0.0230. The van der Waals surface area contributed by atoms with Gasteiger partial charge in [-0.1, -0.05) is 81.4 Å². The van der Waals surface area contributed by atoms with Gasteiger partial charge in [-0.25, -0.2) is 9.78 Å². The van der Waals surface area contributed by atoms with E-state index in [1.165, 1.54) is 6.33 Å². The van der Waals surface area contributed by atoms with Crippen molar-refractivity contribution in [3.05, 3.63) is 126 Å². The molecule has 1 N–H and O–H groups in total. The molecule has 0 unspecified atom stereocenters. The summed E-state index contributed by atoms with van der Waals surface area (Å²) >= 11 is 0. The van der Waals surface area contributed by atoms with E-state index >= 15 is 0 Å². The number of carbonyl (C=O) groups excluding carboxylic acids is 1. The third kappa shape index (κ3) is 5.65. The first-order chi connectivity index (χ1) is 22.6. The van der Waals surface area contributed by atoms with Crippen LogP contribution in [0, 0.1) is 0 Å². The van der Waals surface area contributed by atoms with Crippen LogP contribution >= 0.6 is 0 Å². The maximum atomic E-state index is 14.5. The number of imidazole rings is 1. The smallest absolute Gasteiger partial charge is 0.356 e. The van der Waals surface area contributed by atoms with Crippen molar-refractivity contribution in [2.24, 2.45) is 0 Å². The van der Waals surface area contributed by atoms with Crippen molar-refractivity contribution in [3.8, 4) is 22.9 Å². The van der Waals surface area contributed by atoms with E-state index in [-0.39, 0.29) is 29.7 Å². The largest absolute Gasteiger partial charge is 0.534 e. The molecule has 1 amide bonds. The van der Waals surface area contributed by atoms with Crippen LogP contribution in [0.1, 0.15) is 52.9 Å². The Morgan fingerprint density at radius 2 is 1.51 bits per heavy atom. The first kappa shape index (κ1) is 31.6. The fourth-order valence-electron chi connectivity index (χ4n) is 6.44. The molecule has 4 aromatic carbocycles. The lowest BCUT2D eigenvalue weighted by molar-refractivity contribution is 0.0675. The summed E-state index contributed by atoms with van der Waals surface area (Å²) in [6.45, 7) is 6.78. The topological polar surface area (TPSA) is 103 Å². The van der Waals surface area contributed by atoms with E-state index in [9.17, 15) is 14.7 Å². The molecule has 47 heavy (non-hydrogen) atoms. The Morgan fingerprint density at radius 1 is 0.872 bits per heavy atom. The summed E-state index contributed by atoms with van der Waals surface area (Å²) in [6, 6.07) is 31.4. The van der Waals surface area contributed by atoms with E-state index in [4.69, 9.17) is 13.9 Å². The predicted molar refractivity (Wildman–Crippen MR) is 182 cm³/mol. The van der Waals surface area contributed by atoms with Crippen LogP contribution in [0.3, 0.4) is 0 Å². The van der Waals surface area contributed by atoms with Crippen molar-refractivity contribution in [2.75, 3.05) is 14.2 Å². The second-order valence-corrected chi connectivity index (χ2v) is 16.7. The Balaban J connectivity index is 1.50. The number of fused-ring (bicyclic) bond motifs is 3. The summed E-state index contributed by atoms with van der Waals surface area (Å²) in [5.41, 5.74) is 1.94. The number of methoxy groups -OCH3 is 2. The standard InChI is InChI=1S/C37H37N3O6Si/c1-37(2,3)47(28-12-8-6-9-13-28,29-14-10-7-11-15-29)46-27-18-19-31-30(20-27)35(41)39(23-32-34(36(42)43)38-24-40(31)32)22-25-16-17-26(44-4)21-33(25)45-5/h6-21,24H,22-23H2,1-5H3,(H,42,43). The Hall–Kier alpha value is -5.35. The van der Waals surface area contributed by atoms with Gasteiger partial charge < -0.3 is 23.9 Å². The highest BCUT2D eigenvalue weighted by molar-refractivity contribution is 7.00. The van der Waals surface area contributed by atoms with E-state index in [2.05, 4.69) is 50.0 Å². The minimum atomic E-state index is -3.00. The van der Waals surface area contributed by atoms with Crippen molar-refractivity contribution in [3.63, 3.8) is 0 Å². The number of amides is 1. The zero-order valence-electron chi connectivity index (χ0n) is 27.1. The molecule has 6 rings (SSSR count). The van der Waals surface area contributed by atoms with Crippen LogP contribution < -0.4 is 24.3 Å². The number of ether oxygens (including phenoxy) is 2. The number of nitrogens with zero attached hydrogens (tertiary/aromatic N) is 3. The second kappa shape index (κ2) is 12.4. The van der Waals surface area contributed by atoms with Crippen molar-refractivity contribution >= 4 is 30.6 Å². The van der Waals surface area contributed by atoms with Crippen LogP contribution in [0.5, 0.6) is 17.2 Å². The van der Waals surface area contributed by atoms with Crippen LogP contribution in [0.15, 0.2) is 103 Å². The zero-order valence-corrected chi connectivity index (χ0v) is 28.1. The molecule has 0 saturated carbocycles. The lowest BCUT2D eigenvalue weighted by atomic mass is 10.1. The third-order valence-corrected chi connectivity index (χ3v) is 13.6. The van der Waals surface area contributed by atoms with Crippen molar-refractivity contribution in [1.82, 2.24) is 14.5 Å². The van der Waals surface area contributed by atoms with Gasteiger partial charge in [0.2, 0.25) is 0 Å². The molecule has 240 valence electrons. The van der Waals surface area contributed by atoms with Gasteiger partial charge in [0, 0.05) is 11.6 Å². The molecule has 0 fully saturated rings. The van der Waals surface area contributed by atoms with Crippen LogP contribution in [0.25, 0.3) is 5.69 Å². The minimum Gasteiger partial charge on any atom is -0.534 e. The molecular formula is C37H37N3O6Si. The van der Waals surface area contributed by atoms with Crippen LogP contribution in [0.2, 0.25) is 5.04 Å². The molecule has 9 nitrogen and oxygen atoms in total. The maximum absolute atomic E-state index is 14.5. The van der Waals surface area contributed by atoms with E-state index in [0.717, 1.165) is 15.9 Å². The molecule has 0 atom stereocenters. The number of aromatic nitrogens is 2. The average molecular weight is 648 g/mol. The van der Waals surface area contributed by atoms with E-state index in [0.29, 0.717) is 34.2 Å². The van der Waals surface area contributed by atoms with Gasteiger partial charge in [-0.15, -0.1) is 0 Å². The van der Waals surface area contributed by atoms with Gasteiger partial charge in [-0.05, 0) is 45.7 Å². The number of benzene rings is 4.